The van der Waals surface area contributed by atoms with Gasteiger partial charge in [-0.15, -0.1) is 0 Å². The van der Waals surface area contributed by atoms with Gasteiger partial charge in [0.15, 0.2) is 0 Å². The van der Waals surface area contributed by atoms with Gasteiger partial charge in [-0.25, -0.2) is 4.79 Å². The summed E-state index contributed by atoms with van der Waals surface area (Å²) in [5, 5.41) is 10.8. The van der Waals surface area contributed by atoms with E-state index in [1.165, 1.54) is 0 Å². The quantitative estimate of drug-likeness (QED) is 0.760. The van der Waals surface area contributed by atoms with Crippen molar-refractivity contribution >= 4 is 11.0 Å². The van der Waals surface area contributed by atoms with Crippen LogP contribution in [-0.2, 0) is 20.3 Å². The average Bonchev–Trinajstić information content (AvgIpc) is 2.92. The van der Waals surface area contributed by atoms with Crippen LogP contribution in [-0.4, -0.2) is 39.9 Å². The van der Waals surface area contributed by atoms with Crippen LogP contribution in [0.2, 0.25) is 0 Å². The van der Waals surface area contributed by atoms with Crippen LogP contribution in [0, 0.1) is 0 Å². The predicted molar refractivity (Wildman–Crippen MR) is 102 cm³/mol. The molecule has 0 saturated carbocycles. The zero-order valence-electron chi connectivity index (χ0n) is 15.7. The number of aliphatic hydroxyl groups excluding tert-OH is 1. The summed E-state index contributed by atoms with van der Waals surface area (Å²) >= 11 is 0. The average molecular weight is 369 g/mol. The minimum Gasteiger partial charge on any atom is -0.496 e. The van der Waals surface area contributed by atoms with E-state index in [0.717, 1.165) is 22.2 Å². The Kier molecular flexibility index (Phi) is 4.41. The summed E-state index contributed by atoms with van der Waals surface area (Å²) in [6.07, 6.45) is -0.718. The molecule has 0 fully saturated rings. The predicted octanol–water partition coefficient (Wildman–Crippen LogP) is 1.86. The molecular weight excluding hydrogens is 346 g/mol. The van der Waals surface area contributed by atoms with Gasteiger partial charge < -0.3 is 14.6 Å². The standard InChI is InChI=1S/C20H23N3O4/c1-21-14-6-4-5-7-15(14)23(20(21)25)12-22-10-13-17(26-2)8-9-18(27-3)19(13)16(24)11-22/h4-9,16,24H,10-12H2,1-3H3/t16-/m0/s1. The molecular formula is C20H23N3O4. The van der Waals surface area contributed by atoms with Crippen molar-refractivity contribution in [2.24, 2.45) is 7.05 Å². The van der Waals surface area contributed by atoms with E-state index >= 15 is 0 Å². The highest BCUT2D eigenvalue weighted by Gasteiger charge is 2.30. The van der Waals surface area contributed by atoms with Crippen LogP contribution >= 0.6 is 0 Å². The normalized spacial score (nSPS) is 17.1. The minimum absolute atomic E-state index is 0.0749. The van der Waals surface area contributed by atoms with E-state index in [-0.39, 0.29) is 5.69 Å². The largest absolute Gasteiger partial charge is 0.496 e. The van der Waals surface area contributed by atoms with Gasteiger partial charge in [-0.2, -0.15) is 0 Å². The molecule has 0 bridgehead atoms. The first-order chi connectivity index (χ1) is 13.0. The molecule has 0 spiro atoms. The highest BCUT2D eigenvalue weighted by atomic mass is 16.5. The first-order valence-electron chi connectivity index (χ1n) is 8.83. The molecule has 142 valence electrons. The van der Waals surface area contributed by atoms with Crippen molar-refractivity contribution < 1.29 is 14.6 Å². The van der Waals surface area contributed by atoms with Crippen LogP contribution in [0.5, 0.6) is 11.5 Å². The maximum Gasteiger partial charge on any atom is 0.329 e. The summed E-state index contributed by atoms with van der Waals surface area (Å²) < 4.78 is 14.3. The SMILES string of the molecule is COc1ccc(OC)c2c1CN(Cn1c(=O)n(C)c3ccccc31)C[C@@H]2O. The number of fused-ring (bicyclic) bond motifs is 2. The van der Waals surface area contributed by atoms with Crippen LogP contribution < -0.4 is 15.2 Å². The number of imidazole rings is 1. The zero-order chi connectivity index (χ0) is 19.1. The van der Waals surface area contributed by atoms with Gasteiger partial charge in [0.25, 0.3) is 0 Å². The highest BCUT2D eigenvalue weighted by molar-refractivity contribution is 5.75. The van der Waals surface area contributed by atoms with E-state index in [1.54, 1.807) is 30.4 Å². The summed E-state index contributed by atoms with van der Waals surface area (Å²) in [4.78, 5) is 14.7. The number of hydrogen-bond acceptors (Lipinski definition) is 5. The Hall–Kier alpha value is -2.77. The molecule has 1 N–H and O–H groups in total. The number of benzene rings is 2. The van der Waals surface area contributed by atoms with Crippen LogP contribution in [0.25, 0.3) is 11.0 Å². The van der Waals surface area contributed by atoms with Crippen LogP contribution in [0.3, 0.4) is 0 Å². The number of rotatable bonds is 4. The third kappa shape index (κ3) is 2.79. The van der Waals surface area contributed by atoms with Crippen molar-refractivity contribution in [3.63, 3.8) is 0 Å². The molecule has 7 nitrogen and oxygen atoms in total. The second-order valence-corrected chi connectivity index (χ2v) is 6.79. The maximum absolute atomic E-state index is 12.7. The number of β-amino-alcohol motifs (C(OH)–C–C–N with tert-alkyl or cyclic N) is 1. The third-order valence-corrected chi connectivity index (χ3v) is 5.25. The van der Waals surface area contributed by atoms with Gasteiger partial charge in [-0.05, 0) is 24.3 Å². The Morgan fingerprint density at radius 3 is 2.44 bits per heavy atom. The number of methoxy groups -OCH3 is 2. The van der Waals surface area contributed by atoms with Crippen molar-refractivity contribution in [2.45, 2.75) is 19.3 Å². The first kappa shape index (κ1) is 17.6. The number of aromatic nitrogens is 2. The van der Waals surface area contributed by atoms with E-state index in [4.69, 9.17) is 9.47 Å². The highest BCUT2D eigenvalue weighted by Crippen LogP contribution is 2.39. The molecule has 1 aromatic heterocycles. The molecule has 0 radical (unpaired) electrons. The Labute approximate surface area is 157 Å². The number of para-hydroxylation sites is 2. The van der Waals surface area contributed by atoms with Crippen molar-refractivity contribution in [2.75, 3.05) is 20.8 Å². The monoisotopic (exact) mass is 369 g/mol. The van der Waals surface area contributed by atoms with Crippen molar-refractivity contribution in [3.8, 4) is 11.5 Å². The summed E-state index contributed by atoms with van der Waals surface area (Å²) in [6.45, 7) is 1.35. The number of nitrogens with zero attached hydrogens (tertiary/aromatic N) is 3. The van der Waals surface area contributed by atoms with Crippen molar-refractivity contribution in [1.82, 2.24) is 14.0 Å². The Balaban J connectivity index is 1.73. The van der Waals surface area contributed by atoms with Gasteiger partial charge in [0.05, 0.1) is 38.0 Å². The van der Waals surface area contributed by atoms with E-state index in [9.17, 15) is 9.90 Å². The number of aliphatic hydroxyl groups is 1. The number of hydrogen-bond donors (Lipinski definition) is 1. The fraction of sp³-hybridized carbons (Fsp3) is 0.350. The van der Waals surface area contributed by atoms with E-state index in [2.05, 4.69) is 0 Å². The summed E-state index contributed by atoms with van der Waals surface area (Å²) in [6, 6.07) is 11.4. The lowest BCUT2D eigenvalue weighted by Crippen LogP contribution is -2.38. The van der Waals surface area contributed by atoms with E-state index in [1.807, 2.05) is 41.3 Å². The van der Waals surface area contributed by atoms with Gasteiger partial charge >= 0.3 is 5.69 Å². The molecule has 1 aliphatic heterocycles. The first-order valence-corrected chi connectivity index (χ1v) is 8.83. The molecule has 1 atom stereocenters. The van der Waals surface area contributed by atoms with E-state index in [0.29, 0.717) is 31.3 Å². The molecule has 2 aromatic carbocycles. The lowest BCUT2D eigenvalue weighted by Gasteiger charge is -2.34. The molecule has 3 aromatic rings. The molecule has 7 heteroatoms. The second-order valence-electron chi connectivity index (χ2n) is 6.79. The third-order valence-electron chi connectivity index (χ3n) is 5.25. The molecule has 1 aliphatic rings. The summed E-state index contributed by atoms with van der Waals surface area (Å²) in [5.41, 5.74) is 3.35. The van der Waals surface area contributed by atoms with Gasteiger partial charge in [0.1, 0.15) is 11.5 Å². The van der Waals surface area contributed by atoms with Gasteiger partial charge in [0.2, 0.25) is 0 Å². The van der Waals surface area contributed by atoms with Gasteiger partial charge in [-0.3, -0.25) is 14.0 Å². The lowest BCUT2D eigenvalue weighted by atomic mass is 9.95. The Bertz CT molecular complexity index is 1050. The molecule has 27 heavy (non-hydrogen) atoms. The Morgan fingerprint density at radius 1 is 1.07 bits per heavy atom. The fourth-order valence-corrected chi connectivity index (χ4v) is 3.95. The molecule has 0 unspecified atom stereocenters. The van der Waals surface area contributed by atoms with Gasteiger partial charge in [-0.1, -0.05) is 12.1 Å². The smallest absolute Gasteiger partial charge is 0.329 e. The summed E-state index contributed by atoms with van der Waals surface area (Å²) in [5.74, 6) is 1.36. The van der Waals surface area contributed by atoms with Crippen molar-refractivity contribution in [1.29, 1.82) is 0 Å². The van der Waals surface area contributed by atoms with Gasteiger partial charge in [0, 0.05) is 31.3 Å². The van der Waals surface area contributed by atoms with E-state index < -0.39 is 6.10 Å². The summed E-state index contributed by atoms with van der Waals surface area (Å²) in [7, 11) is 4.98. The Morgan fingerprint density at radius 2 is 1.74 bits per heavy atom. The number of aryl methyl sites for hydroxylation is 1. The van der Waals surface area contributed by atoms with Crippen molar-refractivity contribution in [3.05, 3.63) is 58.0 Å². The van der Waals surface area contributed by atoms with Crippen LogP contribution in [0.15, 0.2) is 41.2 Å². The van der Waals surface area contributed by atoms with Crippen LogP contribution in [0.4, 0.5) is 0 Å². The molecule has 0 amide bonds. The van der Waals surface area contributed by atoms with Crippen LogP contribution in [0.1, 0.15) is 17.2 Å². The maximum atomic E-state index is 12.7. The minimum atomic E-state index is -0.718. The molecule has 2 heterocycles. The fourth-order valence-electron chi connectivity index (χ4n) is 3.95. The zero-order valence-corrected chi connectivity index (χ0v) is 15.7. The molecule has 0 aliphatic carbocycles. The lowest BCUT2D eigenvalue weighted by molar-refractivity contribution is 0.0705. The topological polar surface area (TPSA) is 68.9 Å². The second kappa shape index (κ2) is 6.75. The molecule has 4 rings (SSSR count). The molecule has 0 saturated heterocycles. The number of ether oxygens (including phenoxy) is 2.